The van der Waals surface area contributed by atoms with E-state index in [1.54, 1.807) is 24.3 Å². The minimum Gasteiger partial charge on any atom is -0.314 e. The van der Waals surface area contributed by atoms with Crippen molar-refractivity contribution in [3.63, 3.8) is 0 Å². The van der Waals surface area contributed by atoms with Gasteiger partial charge in [0.25, 0.3) is 11.8 Å². The number of amides is 2. The molecule has 0 bridgehead atoms. The molecule has 6 nitrogen and oxygen atoms in total. The molecule has 0 fully saturated rings. The molecule has 1 unspecified atom stereocenters. The predicted molar refractivity (Wildman–Crippen MR) is 109 cm³/mol. The summed E-state index contributed by atoms with van der Waals surface area (Å²) < 4.78 is 27.0. The first-order valence-corrected chi connectivity index (χ1v) is 9.43. The van der Waals surface area contributed by atoms with Gasteiger partial charge in [-0.15, -0.1) is 0 Å². The number of aliphatic imine (C=N–C) groups is 2. The second-order valence-electron chi connectivity index (χ2n) is 6.67. The molecule has 0 saturated carbocycles. The fraction of sp³-hybridized carbons (Fsp3) is 0.143. The molecule has 9 heteroatoms. The highest BCUT2D eigenvalue weighted by molar-refractivity contribution is 6.30. The Morgan fingerprint density at radius 1 is 1.13 bits per heavy atom. The number of fused-ring (bicyclic) bond motifs is 1. The Labute approximate surface area is 175 Å². The molecular formula is C21H15ClF2N4O2. The molecule has 0 aromatic heterocycles. The lowest BCUT2D eigenvalue weighted by Gasteiger charge is -2.27. The highest BCUT2D eigenvalue weighted by Gasteiger charge is 2.26. The number of nitrogens with one attached hydrogen (secondary N) is 1. The smallest absolute Gasteiger partial charge is 0.260 e. The summed E-state index contributed by atoms with van der Waals surface area (Å²) in [7, 11) is 0. The maximum absolute atomic E-state index is 13.9. The molecule has 152 valence electrons. The summed E-state index contributed by atoms with van der Waals surface area (Å²) in [6.07, 6.45) is 2.65. The van der Waals surface area contributed by atoms with Crippen molar-refractivity contribution < 1.29 is 18.4 Å². The largest absolute Gasteiger partial charge is 0.314 e. The minimum absolute atomic E-state index is 0.213. The van der Waals surface area contributed by atoms with E-state index in [0.29, 0.717) is 34.4 Å². The first-order chi connectivity index (χ1) is 14.4. The highest BCUT2D eigenvalue weighted by atomic mass is 35.5. The van der Waals surface area contributed by atoms with Crippen LogP contribution in [0.1, 0.15) is 27.1 Å². The molecule has 2 amide bonds. The van der Waals surface area contributed by atoms with Crippen molar-refractivity contribution in [2.45, 2.75) is 12.7 Å². The van der Waals surface area contributed by atoms with E-state index in [-0.39, 0.29) is 18.0 Å². The van der Waals surface area contributed by atoms with Crippen molar-refractivity contribution in [1.29, 1.82) is 0 Å². The molecule has 30 heavy (non-hydrogen) atoms. The van der Waals surface area contributed by atoms with Crippen LogP contribution in [0.25, 0.3) is 0 Å². The summed E-state index contributed by atoms with van der Waals surface area (Å²) in [5, 5.41) is 3.23. The SMILES string of the molecule is O=C(NC1N=CC2=CN(C(=O)c3ccc(F)cc3F)CCC2=N1)c1ccc(Cl)cc1. The second-order valence-corrected chi connectivity index (χ2v) is 7.10. The summed E-state index contributed by atoms with van der Waals surface area (Å²) >= 11 is 5.82. The average Bonchev–Trinajstić information content (AvgIpc) is 2.73. The van der Waals surface area contributed by atoms with E-state index in [1.165, 1.54) is 17.3 Å². The molecule has 2 aliphatic rings. The van der Waals surface area contributed by atoms with Gasteiger partial charge >= 0.3 is 0 Å². The molecular weight excluding hydrogens is 414 g/mol. The number of hydrogen-bond acceptors (Lipinski definition) is 4. The molecule has 2 heterocycles. The Morgan fingerprint density at radius 2 is 1.90 bits per heavy atom. The van der Waals surface area contributed by atoms with Gasteiger partial charge in [-0.3, -0.25) is 9.59 Å². The van der Waals surface area contributed by atoms with Crippen LogP contribution in [0.2, 0.25) is 5.02 Å². The number of carbonyl (C=O) groups is 2. The molecule has 2 aromatic rings. The van der Waals surface area contributed by atoms with Gasteiger partial charge in [0.15, 0.2) is 0 Å². The summed E-state index contributed by atoms with van der Waals surface area (Å²) in [6.45, 7) is 0.268. The third kappa shape index (κ3) is 4.13. The average molecular weight is 429 g/mol. The van der Waals surface area contributed by atoms with E-state index in [9.17, 15) is 18.4 Å². The Hall–Kier alpha value is -3.39. The van der Waals surface area contributed by atoms with Crippen LogP contribution in [0.15, 0.2) is 64.2 Å². The van der Waals surface area contributed by atoms with Gasteiger partial charge < -0.3 is 10.2 Å². The van der Waals surface area contributed by atoms with E-state index >= 15 is 0 Å². The van der Waals surface area contributed by atoms with Crippen LogP contribution in [0.3, 0.4) is 0 Å². The van der Waals surface area contributed by atoms with Crippen LogP contribution < -0.4 is 5.32 Å². The Bertz CT molecular complexity index is 1110. The lowest BCUT2D eigenvalue weighted by Crippen LogP contribution is -2.39. The molecule has 2 aromatic carbocycles. The number of nitrogens with zero attached hydrogens (tertiary/aromatic N) is 3. The third-order valence-electron chi connectivity index (χ3n) is 4.64. The second kappa shape index (κ2) is 8.16. The lowest BCUT2D eigenvalue weighted by atomic mass is 10.0. The zero-order valence-corrected chi connectivity index (χ0v) is 16.2. The minimum atomic E-state index is -0.917. The van der Waals surface area contributed by atoms with E-state index in [2.05, 4.69) is 15.3 Å². The van der Waals surface area contributed by atoms with Gasteiger partial charge in [-0.2, -0.15) is 0 Å². The van der Waals surface area contributed by atoms with Crippen LogP contribution in [-0.2, 0) is 0 Å². The molecule has 1 atom stereocenters. The zero-order chi connectivity index (χ0) is 21.3. The molecule has 2 aliphatic heterocycles. The van der Waals surface area contributed by atoms with Gasteiger partial charge in [0.1, 0.15) is 11.6 Å². The van der Waals surface area contributed by atoms with Crippen molar-refractivity contribution in [2.24, 2.45) is 9.98 Å². The van der Waals surface area contributed by atoms with E-state index in [1.807, 2.05) is 0 Å². The number of allylic oxidation sites excluding steroid dienone is 1. The van der Waals surface area contributed by atoms with Crippen molar-refractivity contribution >= 4 is 35.3 Å². The quantitative estimate of drug-likeness (QED) is 0.811. The van der Waals surface area contributed by atoms with E-state index in [0.717, 1.165) is 12.1 Å². The molecule has 0 saturated heterocycles. The van der Waals surface area contributed by atoms with Crippen LogP contribution in [0.4, 0.5) is 8.78 Å². The van der Waals surface area contributed by atoms with Crippen molar-refractivity contribution in [3.05, 3.63) is 82.0 Å². The van der Waals surface area contributed by atoms with E-state index in [4.69, 9.17) is 11.6 Å². The molecule has 0 aliphatic carbocycles. The van der Waals surface area contributed by atoms with Crippen LogP contribution in [-0.4, -0.2) is 41.5 Å². The molecule has 1 N–H and O–H groups in total. The first kappa shape index (κ1) is 19.9. The van der Waals surface area contributed by atoms with Crippen LogP contribution in [0, 0.1) is 11.6 Å². The number of rotatable bonds is 3. The Kier molecular flexibility index (Phi) is 5.41. The zero-order valence-electron chi connectivity index (χ0n) is 15.5. The third-order valence-corrected chi connectivity index (χ3v) is 4.89. The number of carbonyl (C=O) groups excluding carboxylic acids is 2. The van der Waals surface area contributed by atoms with Crippen molar-refractivity contribution in [3.8, 4) is 0 Å². The van der Waals surface area contributed by atoms with Crippen molar-refractivity contribution in [1.82, 2.24) is 10.2 Å². The Morgan fingerprint density at radius 3 is 2.63 bits per heavy atom. The summed E-state index contributed by atoms with van der Waals surface area (Å²) in [6, 6.07) is 9.26. The topological polar surface area (TPSA) is 74.1 Å². The Balaban J connectivity index is 1.46. The summed E-state index contributed by atoms with van der Waals surface area (Å²) in [5.74, 6) is -2.59. The standard InChI is InChI=1S/C21H15ClF2N4O2/c22-14-3-1-12(2-4-14)19(29)27-21-25-10-13-11-28(8-7-18(13)26-21)20(30)16-6-5-15(23)9-17(16)24/h1-6,9-11,21H,7-8H2,(H,27,29). The maximum Gasteiger partial charge on any atom is 0.260 e. The molecule has 4 rings (SSSR count). The highest BCUT2D eigenvalue weighted by Crippen LogP contribution is 2.20. The monoisotopic (exact) mass is 428 g/mol. The lowest BCUT2D eigenvalue weighted by molar-refractivity contribution is 0.0818. The van der Waals surface area contributed by atoms with Gasteiger partial charge in [0, 0.05) is 47.6 Å². The van der Waals surface area contributed by atoms with Gasteiger partial charge in [0.2, 0.25) is 6.29 Å². The number of benzene rings is 2. The van der Waals surface area contributed by atoms with Gasteiger partial charge in [-0.25, -0.2) is 18.8 Å². The molecule has 0 radical (unpaired) electrons. The predicted octanol–water partition coefficient (Wildman–Crippen LogP) is 3.59. The molecule has 0 spiro atoms. The van der Waals surface area contributed by atoms with Crippen LogP contribution in [0.5, 0.6) is 0 Å². The van der Waals surface area contributed by atoms with Gasteiger partial charge in [0.05, 0.1) is 11.3 Å². The first-order valence-electron chi connectivity index (χ1n) is 9.05. The number of halogens is 3. The number of hydrogen-bond donors (Lipinski definition) is 1. The fourth-order valence-corrected chi connectivity index (χ4v) is 3.23. The fourth-order valence-electron chi connectivity index (χ4n) is 3.11. The summed E-state index contributed by atoms with van der Waals surface area (Å²) in [5.41, 5.74) is 1.48. The van der Waals surface area contributed by atoms with Gasteiger partial charge in [-0.1, -0.05) is 11.6 Å². The summed E-state index contributed by atoms with van der Waals surface area (Å²) in [4.78, 5) is 34.8. The normalized spacial score (nSPS) is 17.7. The maximum atomic E-state index is 13.9. The van der Waals surface area contributed by atoms with Crippen molar-refractivity contribution in [2.75, 3.05) is 6.54 Å². The van der Waals surface area contributed by atoms with E-state index < -0.39 is 23.8 Å². The van der Waals surface area contributed by atoms with Crippen LogP contribution >= 0.6 is 11.6 Å². The van der Waals surface area contributed by atoms with Gasteiger partial charge in [-0.05, 0) is 36.4 Å².